The second kappa shape index (κ2) is 5.61. The lowest BCUT2D eigenvalue weighted by Gasteiger charge is -2.33. The molecule has 1 fully saturated rings. The highest BCUT2D eigenvalue weighted by molar-refractivity contribution is 5.34. The van der Waals surface area contributed by atoms with Gasteiger partial charge in [-0.2, -0.15) is 0 Å². The van der Waals surface area contributed by atoms with E-state index in [4.69, 9.17) is 4.74 Å². The third-order valence-corrected chi connectivity index (χ3v) is 4.48. The third kappa shape index (κ3) is 3.16. The molecule has 2 N–H and O–H groups in total. The van der Waals surface area contributed by atoms with Crippen molar-refractivity contribution in [2.24, 2.45) is 5.41 Å². The van der Waals surface area contributed by atoms with Crippen molar-refractivity contribution >= 4 is 0 Å². The molecule has 0 aliphatic carbocycles. The van der Waals surface area contributed by atoms with Crippen molar-refractivity contribution in [1.82, 2.24) is 10.6 Å². The number of fused-ring (bicyclic) bond motifs is 1. The van der Waals surface area contributed by atoms with E-state index < -0.39 is 0 Å². The van der Waals surface area contributed by atoms with Crippen LogP contribution in [0.5, 0.6) is 0 Å². The SMILES string of the molecule is CC1(CNCc2ccc3c(c2)CNC3)CCOCC1. The minimum absolute atomic E-state index is 0.413. The van der Waals surface area contributed by atoms with Crippen LogP contribution in [0.2, 0.25) is 0 Å². The van der Waals surface area contributed by atoms with Gasteiger partial charge in [-0.15, -0.1) is 0 Å². The van der Waals surface area contributed by atoms with Crippen LogP contribution >= 0.6 is 0 Å². The van der Waals surface area contributed by atoms with Gasteiger partial charge in [0.1, 0.15) is 0 Å². The molecule has 2 heterocycles. The lowest BCUT2D eigenvalue weighted by molar-refractivity contribution is 0.0240. The Balaban J connectivity index is 1.52. The van der Waals surface area contributed by atoms with Crippen molar-refractivity contribution in [3.63, 3.8) is 0 Å². The molecule has 0 amide bonds. The fraction of sp³-hybridized carbons (Fsp3) is 0.625. The summed E-state index contributed by atoms with van der Waals surface area (Å²) in [5.74, 6) is 0. The summed E-state index contributed by atoms with van der Waals surface area (Å²) in [5, 5.41) is 7.02. The van der Waals surface area contributed by atoms with Gasteiger partial charge in [0.2, 0.25) is 0 Å². The van der Waals surface area contributed by atoms with E-state index in [0.717, 1.165) is 39.4 Å². The molecule has 1 saturated heterocycles. The highest BCUT2D eigenvalue weighted by Crippen LogP contribution is 2.28. The van der Waals surface area contributed by atoms with E-state index in [1.165, 1.54) is 29.5 Å². The maximum atomic E-state index is 5.45. The van der Waals surface area contributed by atoms with Crippen molar-refractivity contribution in [2.45, 2.75) is 39.4 Å². The molecular weight excluding hydrogens is 236 g/mol. The van der Waals surface area contributed by atoms with Crippen molar-refractivity contribution in [3.8, 4) is 0 Å². The first kappa shape index (κ1) is 13.1. The lowest BCUT2D eigenvalue weighted by atomic mass is 9.82. The van der Waals surface area contributed by atoms with Crippen molar-refractivity contribution in [2.75, 3.05) is 19.8 Å². The van der Waals surface area contributed by atoms with Gasteiger partial charge in [0.15, 0.2) is 0 Å². The largest absolute Gasteiger partial charge is 0.381 e. The van der Waals surface area contributed by atoms with Gasteiger partial charge in [0.05, 0.1) is 0 Å². The molecule has 0 bridgehead atoms. The Bertz CT molecular complexity index is 438. The summed E-state index contributed by atoms with van der Waals surface area (Å²) >= 11 is 0. The maximum Gasteiger partial charge on any atom is 0.0471 e. The maximum absolute atomic E-state index is 5.45. The van der Waals surface area contributed by atoms with Crippen molar-refractivity contribution < 1.29 is 4.74 Å². The van der Waals surface area contributed by atoms with Gasteiger partial charge in [-0.3, -0.25) is 0 Å². The minimum Gasteiger partial charge on any atom is -0.381 e. The van der Waals surface area contributed by atoms with Gasteiger partial charge in [-0.05, 0) is 34.9 Å². The van der Waals surface area contributed by atoms with Crippen LogP contribution in [0.4, 0.5) is 0 Å². The van der Waals surface area contributed by atoms with Crippen LogP contribution in [0.3, 0.4) is 0 Å². The van der Waals surface area contributed by atoms with E-state index in [9.17, 15) is 0 Å². The van der Waals surface area contributed by atoms with Crippen LogP contribution < -0.4 is 10.6 Å². The van der Waals surface area contributed by atoms with Crippen LogP contribution in [-0.4, -0.2) is 19.8 Å². The average Bonchev–Trinajstić information content (AvgIpc) is 2.87. The summed E-state index contributed by atoms with van der Waals surface area (Å²) < 4.78 is 5.45. The molecule has 0 aromatic heterocycles. The zero-order chi connectivity index (χ0) is 13.1. The zero-order valence-corrected chi connectivity index (χ0v) is 11.8. The van der Waals surface area contributed by atoms with Crippen LogP contribution in [-0.2, 0) is 24.4 Å². The number of nitrogens with one attached hydrogen (secondary N) is 2. The average molecular weight is 260 g/mol. The van der Waals surface area contributed by atoms with E-state index >= 15 is 0 Å². The molecule has 0 radical (unpaired) electrons. The second-order valence-corrected chi connectivity index (χ2v) is 6.23. The third-order valence-electron chi connectivity index (χ3n) is 4.48. The Kier molecular flexibility index (Phi) is 3.87. The predicted octanol–water partition coefficient (Wildman–Crippen LogP) is 2.20. The molecular formula is C16H24N2O. The number of hydrogen-bond donors (Lipinski definition) is 2. The molecule has 1 aromatic rings. The van der Waals surface area contributed by atoms with E-state index in [-0.39, 0.29) is 0 Å². The van der Waals surface area contributed by atoms with Crippen LogP contribution in [0.15, 0.2) is 18.2 Å². The highest BCUT2D eigenvalue weighted by atomic mass is 16.5. The standard InChI is InChI=1S/C16H24N2O/c1-16(4-6-19-7-5-16)12-18-9-13-2-3-14-10-17-11-15(14)8-13/h2-3,8,17-18H,4-7,9-12H2,1H3. The number of benzene rings is 1. The molecule has 0 unspecified atom stereocenters. The Labute approximate surface area is 115 Å². The molecule has 3 nitrogen and oxygen atoms in total. The molecule has 2 aliphatic rings. The smallest absolute Gasteiger partial charge is 0.0471 e. The second-order valence-electron chi connectivity index (χ2n) is 6.23. The molecule has 2 aliphatic heterocycles. The monoisotopic (exact) mass is 260 g/mol. The Morgan fingerprint density at radius 3 is 2.84 bits per heavy atom. The Hall–Kier alpha value is -0.900. The van der Waals surface area contributed by atoms with Gasteiger partial charge in [-0.25, -0.2) is 0 Å². The summed E-state index contributed by atoms with van der Waals surface area (Å²) in [5.41, 5.74) is 4.74. The van der Waals surface area contributed by atoms with Crippen molar-refractivity contribution in [3.05, 3.63) is 34.9 Å². The predicted molar refractivity (Wildman–Crippen MR) is 76.9 cm³/mol. The van der Waals surface area contributed by atoms with E-state index in [1.54, 1.807) is 0 Å². The fourth-order valence-electron chi connectivity index (χ4n) is 3.01. The van der Waals surface area contributed by atoms with E-state index in [1.807, 2.05) is 0 Å². The minimum atomic E-state index is 0.413. The molecule has 3 heteroatoms. The van der Waals surface area contributed by atoms with Gasteiger partial charge < -0.3 is 15.4 Å². The summed E-state index contributed by atoms with van der Waals surface area (Å²) in [4.78, 5) is 0. The van der Waals surface area contributed by atoms with E-state index in [2.05, 4.69) is 35.8 Å². The first-order chi connectivity index (χ1) is 9.25. The molecule has 19 heavy (non-hydrogen) atoms. The van der Waals surface area contributed by atoms with E-state index in [0.29, 0.717) is 5.41 Å². The molecule has 0 atom stereocenters. The van der Waals surface area contributed by atoms with Gasteiger partial charge in [0, 0.05) is 39.4 Å². The number of hydrogen-bond acceptors (Lipinski definition) is 3. The quantitative estimate of drug-likeness (QED) is 0.870. The summed E-state index contributed by atoms with van der Waals surface area (Å²) in [6.07, 6.45) is 2.35. The number of ether oxygens (including phenoxy) is 1. The van der Waals surface area contributed by atoms with Crippen LogP contribution in [0.1, 0.15) is 36.5 Å². The first-order valence-electron chi connectivity index (χ1n) is 7.35. The summed E-state index contributed by atoms with van der Waals surface area (Å²) in [7, 11) is 0. The zero-order valence-electron chi connectivity index (χ0n) is 11.8. The normalized spacial score (nSPS) is 21.3. The summed E-state index contributed by atoms with van der Waals surface area (Å²) in [6.45, 7) is 8.33. The highest BCUT2D eigenvalue weighted by Gasteiger charge is 2.26. The molecule has 3 rings (SSSR count). The number of rotatable bonds is 4. The first-order valence-corrected chi connectivity index (χ1v) is 7.35. The Morgan fingerprint density at radius 1 is 1.21 bits per heavy atom. The van der Waals surface area contributed by atoms with Gasteiger partial charge in [-0.1, -0.05) is 25.1 Å². The fourth-order valence-corrected chi connectivity index (χ4v) is 3.01. The van der Waals surface area contributed by atoms with Crippen LogP contribution in [0.25, 0.3) is 0 Å². The molecule has 104 valence electrons. The van der Waals surface area contributed by atoms with Crippen molar-refractivity contribution in [1.29, 1.82) is 0 Å². The van der Waals surface area contributed by atoms with Gasteiger partial charge >= 0.3 is 0 Å². The Morgan fingerprint density at radius 2 is 2.00 bits per heavy atom. The topological polar surface area (TPSA) is 33.3 Å². The van der Waals surface area contributed by atoms with Gasteiger partial charge in [0.25, 0.3) is 0 Å². The molecule has 0 saturated carbocycles. The summed E-state index contributed by atoms with van der Waals surface area (Å²) in [6, 6.07) is 6.86. The lowest BCUT2D eigenvalue weighted by Crippen LogP contribution is -2.36. The van der Waals surface area contributed by atoms with Crippen LogP contribution in [0, 0.1) is 5.41 Å². The molecule has 1 aromatic carbocycles. The molecule has 0 spiro atoms.